The smallest absolute Gasteiger partial charge is 0.129 e. The molecule has 1 heteroatoms. The van der Waals surface area contributed by atoms with E-state index in [4.69, 9.17) is 0 Å². The fraction of sp³-hybridized carbons (Fsp3) is 0.833. The molecule has 0 saturated carbocycles. The van der Waals surface area contributed by atoms with Crippen molar-refractivity contribution in [3.05, 3.63) is 12.2 Å². The van der Waals surface area contributed by atoms with E-state index >= 15 is 0 Å². The van der Waals surface area contributed by atoms with Crippen molar-refractivity contribution in [2.24, 2.45) is 0 Å². The average Bonchev–Trinajstić information content (AvgIpc) is 2.39. The number of carbonyl (C=O) groups excluding carboxylic acids is 1. The van der Waals surface area contributed by atoms with Gasteiger partial charge in [-0.3, -0.25) is 0 Å². The third-order valence-corrected chi connectivity index (χ3v) is 3.54. The summed E-state index contributed by atoms with van der Waals surface area (Å²) in [6, 6.07) is 0. The Balaban J connectivity index is 3.07. The van der Waals surface area contributed by atoms with Crippen LogP contribution >= 0.6 is 0 Å². The zero-order valence-corrected chi connectivity index (χ0v) is 13.3. The molecular weight excluding hydrogens is 232 g/mol. The molecule has 0 fully saturated rings. The maximum Gasteiger partial charge on any atom is 0.129 e. The minimum absolute atomic E-state index is 0.328. The van der Waals surface area contributed by atoms with Crippen LogP contribution in [0.1, 0.15) is 97.3 Å². The number of rotatable bonds is 14. The largest absolute Gasteiger partial charge is 0.300 e. The van der Waals surface area contributed by atoms with Crippen molar-refractivity contribution in [1.29, 1.82) is 0 Å². The number of hydrogen-bond acceptors (Lipinski definition) is 1. The fourth-order valence-corrected chi connectivity index (χ4v) is 2.27. The average molecular weight is 266 g/mol. The summed E-state index contributed by atoms with van der Waals surface area (Å²) in [6.07, 6.45) is 21.1. The molecule has 0 unspecified atom stereocenters. The zero-order valence-electron chi connectivity index (χ0n) is 13.3. The Labute approximate surface area is 120 Å². The lowest BCUT2D eigenvalue weighted by molar-refractivity contribution is -0.117. The molecular formula is C18H34O. The highest BCUT2D eigenvalue weighted by Gasteiger charge is 1.92. The molecule has 0 atom stereocenters. The summed E-state index contributed by atoms with van der Waals surface area (Å²) in [6.45, 7) is 3.95. The van der Waals surface area contributed by atoms with Crippen LogP contribution in [0.2, 0.25) is 0 Å². The summed E-state index contributed by atoms with van der Waals surface area (Å²) in [7, 11) is 0. The van der Waals surface area contributed by atoms with E-state index < -0.39 is 0 Å². The molecule has 0 aromatic heterocycles. The molecule has 0 amide bonds. The number of allylic oxidation sites excluding steroid dienone is 2. The van der Waals surface area contributed by atoms with Crippen molar-refractivity contribution in [3.63, 3.8) is 0 Å². The molecule has 0 aliphatic rings. The van der Waals surface area contributed by atoms with Gasteiger partial charge in [-0.1, -0.05) is 64.0 Å². The van der Waals surface area contributed by atoms with E-state index in [0.29, 0.717) is 5.78 Å². The zero-order chi connectivity index (χ0) is 14.2. The van der Waals surface area contributed by atoms with Gasteiger partial charge in [0.15, 0.2) is 0 Å². The van der Waals surface area contributed by atoms with Crippen molar-refractivity contribution in [2.45, 2.75) is 97.3 Å². The Hall–Kier alpha value is -0.590. The lowest BCUT2D eigenvalue weighted by Crippen LogP contribution is -1.88. The second-order valence-corrected chi connectivity index (χ2v) is 5.68. The number of hydrogen-bond donors (Lipinski definition) is 0. The van der Waals surface area contributed by atoms with Crippen LogP contribution in [0.4, 0.5) is 0 Å². The third-order valence-electron chi connectivity index (χ3n) is 3.54. The quantitative estimate of drug-likeness (QED) is 0.269. The van der Waals surface area contributed by atoms with Gasteiger partial charge in [-0.2, -0.15) is 0 Å². The first-order valence-corrected chi connectivity index (χ1v) is 8.41. The summed E-state index contributed by atoms with van der Waals surface area (Å²) in [5.74, 6) is 0.328. The normalized spacial score (nSPS) is 11.3. The first-order chi connectivity index (χ1) is 9.27. The molecule has 19 heavy (non-hydrogen) atoms. The van der Waals surface area contributed by atoms with E-state index in [2.05, 4.69) is 19.1 Å². The van der Waals surface area contributed by atoms with Gasteiger partial charge in [-0.05, 0) is 39.0 Å². The molecule has 0 aliphatic heterocycles. The van der Waals surface area contributed by atoms with Crippen molar-refractivity contribution < 1.29 is 4.79 Å². The molecule has 0 heterocycles. The van der Waals surface area contributed by atoms with E-state index in [1.807, 2.05) is 0 Å². The van der Waals surface area contributed by atoms with Crippen LogP contribution in [-0.4, -0.2) is 5.78 Å². The van der Waals surface area contributed by atoms with Crippen LogP contribution < -0.4 is 0 Å². The highest BCUT2D eigenvalue weighted by atomic mass is 16.1. The number of unbranched alkanes of at least 4 members (excludes halogenated alkanes) is 10. The Morgan fingerprint density at radius 3 is 1.74 bits per heavy atom. The van der Waals surface area contributed by atoms with Gasteiger partial charge in [0, 0.05) is 6.42 Å². The lowest BCUT2D eigenvalue weighted by atomic mass is 10.1. The molecule has 0 saturated heterocycles. The predicted molar refractivity (Wildman–Crippen MR) is 85.5 cm³/mol. The fourth-order valence-electron chi connectivity index (χ4n) is 2.27. The number of carbonyl (C=O) groups is 1. The lowest BCUT2D eigenvalue weighted by Gasteiger charge is -1.99. The van der Waals surface area contributed by atoms with Gasteiger partial charge < -0.3 is 4.79 Å². The third kappa shape index (κ3) is 17.4. The molecule has 0 bridgehead atoms. The van der Waals surface area contributed by atoms with Crippen LogP contribution in [-0.2, 0) is 4.79 Å². The van der Waals surface area contributed by atoms with E-state index in [1.54, 1.807) is 6.92 Å². The number of Topliss-reactive ketones (excluding diaryl/α,β-unsaturated/α-hetero) is 1. The molecule has 1 nitrogen and oxygen atoms in total. The molecule has 0 N–H and O–H groups in total. The van der Waals surface area contributed by atoms with Gasteiger partial charge >= 0.3 is 0 Å². The molecule has 0 aromatic rings. The van der Waals surface area contributed by atoms with Crippen molar-refractivity contribution in [1.82, 2.24) is 0 Å². The predicted octanol–water partition coefficient (Wildman–Crippen LogP) is 6.22. The highest BCUT2D eigenvalue weighted by Crippen LogP contribution is 2.09. The van der Waals surface area contributed by atoms with Crippen molar-refractivity contribution >= 4 is 5.78 Å². The van der Waals surface area contributed by atoms with Gasteiger partial charge in [-0.25, -0.2) is 0 Å². The second-order valence-electron chi connectivity index (χ2n) is 5.68. The van der Waals surface area contributed by atoms with Gasteiger partial charge in [0.1, 0.15) is 5.78 Å². The molecule has 0 rings (SSSR count). The monoisotopic (exact) mass is 266 g/mol. The Bertz CT molecular complexity index is 218. The second kappa shape index (κ2) is 15.5. The Morgan fingerprint density at radius 1 is 0.737 bits per heavy atom. The molecule has 0 aliphatic carbocycles. The first-order valence-electron chi connectivity index (χ1n) is 8.41. The summed E-state index contributed by atoms with van der Waals surface area (Å²) < 4.78 is 0. The van der Waals surface area contributed by atoms with Crippen LogP contribution in [0.5, 0.6) is 0 Å². The van der Waals surface area contributed by atoms with E-state index in [0.717, 1.165) is 12.8 Å². The molecule has 112 valence electrons. The standard InChI is InChI=1S/C18H34O/c1-3-4-5-6-7-8-9-10-11-12-13-14-15-16-17-18(2)19/h11-12H,3-10,13-17H2,1-2H3/b12-11-. The summed E-state index contributed by atoms with van der Waals surface area (Å²) >= 11 is 0. The van der Waals surface area contributed by atoms with Crippen LogP contribution in [0, 0.1) is 0 Å². The highest BCUT2D eigenvalue weighted by molar-refractivity contribution is 5.75. The Kier molecular flexibility index (Phi) is 15.0. The maximum absolute atomic E-state index is 10.7. The minimum Gasteiger partial charge on any atom is -0.300 e. The SMILES string of the molecule is CCCCCCCCC/C=C\CCCCCC(C)=O. The number of ketones is 1. The van der Waals surface area contributed by atoms with Crippen LogP contribution in [0.3, 0.4) is 0 Å². The van der Waals surface area contributed by atoms with E-state index in [-0.39, 0.29) is 0 Å². The molecule has 0 spiro atoms. The summed E-state index contributed by atoms with van der Waals surface area (Å²) in [5.41, 5.74) is 0. The molecule has 0 radical (unpaired) electrons. The van der Waals surface area contributed by atoms with Crippen LogP contribution in [0.15, 0.2) is 12.2 Å². The topological polar surface area (TPSA) is 17.1 Å². The van der Waals surface area contributed by atoms with Gasteiger partial charge in [0.2, 0.25) is 0 Å². The van der Waals surface area contributed by atoms with E-state index in [9.17, 15) is 4.79 Å². The minimum atomic E-state index is 0.328. The Morgan fingerprint density at radius 2 is 1.21 bits per heavy atom. The van der Waals surface area contributed by atoms with E-state index in [1.165, 1.54) is 70.6 Å². The van der Waals surface area contributed by atoms with Gasteiger partial charge in [0.25, 0.3) is 0 Å². The first kappa shape index (κ1) is 18.4. The summed E-state index contributed by atoms with van der Waals surface area (Å²) in [5, 5.41) is 0. The van der Waals surface area contributed by atoms with Crippen LogP contribution in [0.25, 0.3) is 0 Å². The van der Waals surface area contributed by atoms with Gasteiger partial charge in [-0.15, -0.1) is 0 Å². The van der Waals surface area contributed by atoms with Crippen molar-refractivity contribution in [2.75, 3.05) is 0 Å². The maximum atomic E-state index is 10.7. The summed E-state index contributed by atoms with van der Waals surface area (Å²) in [4.78, 5) is 10.7. The van der Waals surface area contributed by atoms with Crippen molar-refractivity contribution in [3.8, 4) is 0 Å². The van der Waals surface area contributed by atoms with Gasteiger partial charge in [0.05, 0.1) is 0 Å². The molecule has 0 aromatic carbocycles.